The number of carbonyl (C=O) groups is 2. The van der Waals surface area contributed by atoms with Gasteiger partial charge in [0.05, 0.1) is 7.11 Å². The number of aliphatic hydroxyl groups excluding tert-OH is 1. The summed E-state index contributed by atoms with van der Waals surface area (Å²) in [5.41, 5.74) is 4.34. The number of nitrogens with two attached hydrogens (primary N) is 1. The van der Waals surface area contributed by atoms with E-state index >= 15 is 0 Å². The van der Waals surface area contributed by atoms with E-state index in [2.05, 4.69) is 4.74 Å². The summed E-state index contributed by atoms with van der Waals surface area (Å²) in [6.45, 7) is 4.92. The Bertz CT molecular complexity index is 243. The molecule has 0 saturated carbocycles. The second-order valence-electron chi connectivity index (χ2n) is 4.02. The van der Waals surface area contributed by atoms with Gasteiger partial charge in [0.15, 0.2) is 5.92 Å². The van der Waals surface area contributed by atoms with Gasteiger partial charge < -0.3 is 20.3 Å². The molecule has 0 radical (unpaired) electrons. The first-order valence-corrected chi connectivity index (χ1v) is 4.43. The number of methoxy groups -OCH3 is 1. The van der Waals surface area contributed by atoms with Gasteiger partial charge in [0.25, 0.3) is 0 Å². The molecule has 15 heavy (non-hydrogen) atoms. The lowest BCUT2D eigenvalue weighted by Crippen LogP contribution is -2.44. The van der Waals surface area contributed by atoms with E-state index in [0.29, 0.717) is 0 Å². The number of hydrogen-bond acceptors (Lipinski definition) is 6. The van der Waals surface area contributed by atoms with Crippen LogP contribution in [0.5, 0.6) is 0 Å². The molecule has 2 unspecified atom stereocenters. The minimum absolute atomic E-state index is 0.752. The van der Waals surface area contributed by atoms with Gasteiger partial charge in [0, 0.05) is 0 Å². The molecule has 0 bridgehead atoms. The summed E-state index contributed by atoms with van der Waals surface area (Å²) < 4.78 is 9.23. The lowest BCUT2D eigenvalue weighted by molar-refractivity contribution is -0.173. The molecule has 0 heterocycles. The quantitative estimate of drug-likeness (QED) is 0.373. The minimum Gasteiger partial charge on any atom is -0.468 e. The molecule has 2 atom stereocenters. The van der Waals surface area contributed by atoms with Crippen molar-refractivity contribution >= 4 is 11.9 Å². The van der Waals surface area contributed by atoms with Gasteiger partial charge in [0.2, 0.25) is 0 Å². The Morgan fingerprint density at radius 1 is 1.27 bits per heavy atom. The fourth-order valence-corrected chi connectivity index (χ4v) is 0.867. The van der Waals surface area contributed by atoms with Gasteiger partial charge in [-0.25, -0.2) is 0 Å². The Labute approximate surface area is 88.3 Å². The summed E-state index contributed by atoms with van der Waals surface area (Å²) in [7, 11) is 1.10. The maximum Gasteiger partial charge on any atom is 0.324 e. The first kappa shape index (κ1) is 13.9. The normalized spacial score (nSPS) is 15.3. The average Bonchev–Trinajstić information content (AvgIpc) is 1.99. The van der Waals surface area contributed by atoms with E-state index in [1.807, 2.05) is 0 Å². The topological polar surface area (TPSA) is 98.9 Å². The number of rotatable bonds is 3. The Morgan fingerprint density at radius 2 is 1.73 bits per heavy atom. The molecule has 88 valence electrons. The minimum atomic E-state index is -1.63. The summed E-state index contributed by atoms with van der Waals surface area (Å²) in [6.07, 6.45) is -1.63. The van der Waals surface area contributed by atoms with Crippen molar-refractivity contribution in [3.8, 4) is 0 Å². The molecule has 0 fully saturated rings. The number of carbonyl (C=O) groups excluding carboxylic acids is 2. The van der Waals surface area contributed by atoms with Gasteiger partial charge in [-0.2, -0.15) is 0 Å². The molecule has 6 nitrogen and oxygen atoms in total. The van der Waals surface area contributed by atoms with Crippen molar-refractivity contribution in [2.24, 2.45) is 11.7 Å². The molecule has 6 heteroatoms. The predicted octanol–water partition coefficient (Wildman–Crippen LogP) is -0.606. The molecule has 0 aromatic rings. The van der Waals surface area contributed by atoms with Crippen molar-refractivity contribution in [1.82, 2.24) is 0 Å². The second kappa shape index (κ2) is 5.09. The standard InChI is InChI=1S/C9H17NO5/c1-9(2,3)15-8(13)5(6(10)11)7(12)14-4/h5-6,11H,10H2,1-4H3. The van der Waals surface area contributed by atoms with Crippen LogP contribution in [0.3, 0.4) is 0 Å². The highest BCUT2D eigenvalue weighted by Gasteiger charge is 2.36. The van der Waals surface area contributed by atoms with Crippen molar-refractivity contribution in [1.29, 1.82) is 0 Å². The molecule has 0 spiro atoms. The number of hydrogen-bond donors (Lipinski definition) is 2. The molecule has 0 aliphatic carbocycles. The van der Waals surface area contributed by atoms with Crippen LogP contribution in [0.1, 0.15) is 20.8 Å². The van der Waals surface area contributed by atoms with Gasteiger partial charge >= 0.3 is 11.9 Å². The monoisotopic (exact) mass is 219 g/mol. The van der Waals surface area contributed by atoms with Crippen LogP contribution >= 0.6 is 0 Å². The molecular weight excluding hydrogens is 202 g/mol. The first-order chi connectivity index (χ1) is 6.69. The van der Waals surface area contributed by atoms with E-state index in [-0.39, 0.29) is 0 Å². The van der Waals surface area contributed by atoms with Crippen molar-refractivity contribution < 1.29 is 24.2 Å². The maximum atomic E-state index is 11.4. The van der Waals surface area contributed by atoms with Crippen molar-refractivity contribution in [3.63, 3.8) is 0 Å². The molecule has 3 N–H and O–H groups in total. The van der Waals surface area contributed by atoms with Gasteiger partial charge in [-0.15, -0.1) is 0 Å². The highest BCUT2D eigenvalue weighted by Crippen LogP contribution is 2.13. The zero-order chi connectivity index (χ0) is 12.2. The lowest BCUT2D eigenvalue weighted by atomic mass is 10.1. The average molecular weight is 219 g/mol. The molecule has 0 aliphatic heterocycles. The zero-order valence-corrected chi connectivity index (χ0v) is 9.31. The first-order valence-electron chi connectivity index (χ1n) is 4.43. The van der Waals surface area contributed by atoms with Crippen LogP contribution in [0, 0.1) is 5.92 Å². The van der Waals surface area contributed by atoms with E-state index in [1.54, 1.807) is 20.8 Å². The summed E-state index contributed by atoms with van der Waals surface area (Å²) in [6, 6.07) is 0. The van der Waals surface area contributed by atoms with E-state index in [1.165, 1.54) is 0 Å². The zero-order valence-electron chi connectivity index (χ0n) is 9.31. The fraction of sp³-hybridized carbons (Fsp3) is 0.778. The van der Waals surface area contributed by atoms with E-state index in [9.17, 15) is 9.59 Å². The highest BCUT2D eigenvalue weighted by molar-refractivity contribution is 5.95. The molecule has 0 aromatic carbocycles. The summed E-state index contributed by atoms with van der Waals surface area (Å²) in [4.78, 5) is 22.6. The Morgan fingerprint density at radius 3 is 2.00 bits per heavy atom. The van der Waals surface area contributed by atoms with Crippen LogP contribution < -0.4 is 5.73 Å². The number of ether oxygens (including phenoxy) is 2. The van der Waals surface area contributed by atoms with Crippen LogP contribution in [-0.4, -0.2) is 36.0 Å². The molecule has 0 amide bonds. The SMILES string of the molecule is COC(=O)C(C(=O)OC(C)(C)C)C(N)O. The number of esters is 2. The third kappa shape index (κ3) is 4.75. The van der Waals surface area contributed by atoms with Crippen LogP contribution in [-0.2, 0) is 19.1 Å². The third-order valence-corrected chi connectivity index (χ3v) is 1.46. The van der Waals surface area contributed by atoms with Crippen LogP contribution in [0.15, 0.2) is 0 Å². The Kier molecular flexibility index (Phi) is 4.70. The van der Waals surface area contributed by atoms with E-state index in [0.717, 1.165) is 7.11 Å². The van der Waals surface area contributed by atoms with Crippen molar-refractivity contribution in [2.45, 2.75) is 32.6 Å². The highest BCUT2D eigenvalue weighted by atomic mass is 16.6. The van der Waals surface area contributed by atoms with Gasteiger partial charge in [0.1, 0.15) is 11.8 Å². The van der Waals surface area contributed by atoms with Crippen LogP contribution in [0.4, 0.5) is 0 Å². The third-order valence-electron chi connectivity index (χ3n) is 1.46. The summed E-state index contributed by atoms with van der Waals surface area (Å²) in [5, 5.41) is 9.06. The predicted molar refractivity (Wildman–Crippen MR) is 51.5 cm³/mol. The molecule has 0 aliphatic rings. The maximum absolute atomic E-state index is 11.4. The molecule has 0 rings (SSSR count). The fourth-order valence-electron chi connectivity index (χ4n) is 0.867. The summed E-state index contributed by atoms with van der Waals surface area (Å²) >= 11 is 0. The molecule has 0 aromatic heterocycles. The largest absolute Gasteiger partial charge is 0.468 e. The van der Waals surface area contributed by atoms with Gasteiger partial charge in [-0.1, -0.05) is 0 Å². The number of aliphatic hydroxyl groups is 1. The van der Waals surface area contributed by atoms with Gasteiger partial charge in [-0.05, 0) is 20.8 Å². The lowest BCUT2D eigenvalue weighted by Gasteiger charge is -2.23. The van der Waals surface area contributed by atoms with Crippen LogP contribution in [0.2, 0.25) is 0 Å². The summed E-state index contributed by atoms with van der Waals surface area (Å²) in [5.74, 6) is -3.32. The smallest absolute Gasteiger partial charge is 0.324 e. The second-order valence-corrected chi connectivity index (χ2v) is 4.02. The Balaban J connectivity index is 4.65. The molecule has 0 saturated heterocycles. The Hall–Kier alpha value is -1.14. The van der Waals surface area contributed by atoms with Crippen LogP contribution in [0.25, 0.3) is 0 Å². The van der Waals surface area contributed by atoms with E-state index in [4.69, 9.17) is 15.6 Å². The van der Waals surface area contributed by atoms with Crippen molar-refractivity contribution in [3.05, 3.63) is 0 Å². The van der Waals surface area contributed by atoms with Crippen molar-refractivity contribution in [2.75, 3.05) is 7.11 Å². The van der Waals surface area contributed by atoms with Gasteiger partial charge in [-0.3, -0.25) is 9.59 Å². The van der Waals surface area contributed by atoms with E-state index < -0.39 is 29.7 Å². The molecular formula is C9H17NO5.